The van der Waals surface area contributed by atoms with Crippen molar-refractivity contribution >= 4 is 35.4 Å². The largest absolute Gasteiger partial charge is 0.294 e. The fourth-order valence-electron chi connectivity index (χ4n) is 3.26. The number of hydrogen-bond donors (Lipinski definition) is 0. The summed E-state index contributed by atoms with van der Waals surface area (Å²) in [6, 6.07) is 26.1. The average molecular weight is 388 g/mol. The molecule has 2 nitrogen and oxygen atoms in total. The topological polar surface area (TPSA) is 34.1 Å². The minimum atomic E-state index is -0.934. The summed E-state index contributed by atoms with van der Waals surface area (Å²) in [5.41, 5.74) is 1.38. The SMILES string of the molecule is CC(=O)c1ccc(C(=O)CC(C)C)cc1P(c1ccccc1)c1ccccc1. The van der Waals surface area contributed by atoms with Crippen LogP contribution in [0.3, 0.4) is 0 Å². The normalized spacial score (nSPS) is 11.0. The number of hydrogen-bond acceptors (Lipinski definition) is 2. The van der Waals surface area contributed by atoms with Crippen LogP contribution in [0.1, 0.15) is 47.9 Å². The summed E-state index contributed by atoms with van der Waals surface area (Å²) < 4.78 is 0. The first kappa shape index (κ1) is 20.2. The van der Waals surface area contributed by atoms with Gasteiger partial charge in [0, 0.05) is 17.5 Å². The summed E-state index contributed by atoms with van der Waals surface area (Å²) in [6.07, 6.45) is 0.507. The van der Waals surface area contributed by atoms with Gasteiger partial charge in [-0.15, -0.1) is 0 Å². The van der Waals surface area contributed by atoms with Gasteiger partial charge in [-0.25, -0.2) is 0 Å². The number of rotatable bonds is 7. The zero-order valence-corrected chi connectivity index (χ0v) is 17.4. The summed E-state index contributed by atoms with van der Waals surface area (Å²) >= 11 is 0. The van der Waals surface area contributed by atoms with Gasteiger partial charge < -0.3 is 0 Å². The predicted molar refractivity (Wildman–Crippen MR) is 119 cm³/mol. The molecule has 0 saturated heterocycles. The second kappa shape index (κ2) is 9.08. The highest BCUT2D eigenvalue weighted by Gasteiger charge is 2.23. The highest BCUT2D eigenvalue weighted by Crippen LogP contribution is 2.34. The van der Waals surface area contributed by atoms with Crippen LogP contribution >= 0.6 is 7.92 Å². The molecule has 0 aliphatic rings. The summed E-state index contributed by atoms with van der Waals surface area (Å²) in [4.78, 5) is 25.1. The maximum absolute atomic E-state index is 12.7. The monoisotopic (exact) mass is 388 g/mol. The van der Waals surface area contributed by atoms with Gasteiger partial charge in [0.05, 0.1) is 0 Å². The quantitative estimate of drug-likeness (QED) is 0.427. The maximum atomic E-state index is 12.7. The zero-order valence-electron chi connectivity index (χ0n) is 16.6. The Balaban J connectivity index is 2.20. The second-order valence-corrected chi connectivity index (χ2v) is 9.50. The highest BCUT2D eigenvalue weighted by molar-refractivity contribution is 7.80. The molecular weight excluding hydrogens is 363 g/mol. The molecule has 0 N–H and O–H groups in total. The number of ketones is 2. The molecule has 0 fully saturated rings. The highest BCUT2D eigenvalue weighted by atomic mass is 31.1. The van der Waals surface area contributed by atoms with E-state index in [1.165, 1.54) is 10.6 Å². The van der Waals surface area contributed by atoms with Gasteiger partial charge in [-0.05, 0) is 42.7 Å². The molecule has 0 spiro atoms. The number of Topliss-reactive ketones (excluding diaryl/α,β-unsaturated/α-hetero) is 2. The molecule has 3 aromatic rings. The van der Waals surface area contributed by atoms with Crippen molar-refractivity contribution in [2.75, 3.05) is 0 Å². The van der Waals surface area contributed by atoms with Crippen LogP contribution in [0.5, 0.6) is 0 Å². The summed E-state index contributed by atoms with van der Waals surface area (Å²) in [5, 5.41) is 3.29. The van der Waals surface area contributed by atoms with E-state index in [4.69, 9.17) is 0 Å². The van der Waals surface area contributed by atoms with Crippen molar-refractivity contribution in [1.29, 1.82) is 0 Å². The van der Waals surface area contributed by atoms with E-state index in [9.17, 15) is 9.59 Å². The first-order chi connectivity index (χ1) is 13.5. The molecular formula is C25H25O2P. The zero-order chi connectivity index (χ0) is 20.1. The van der Waals surface area contributed by atoms with Crippen LogP contribution in [0.25, 0.3) is 0 Å². The molecule has 28 heavy (non-hydrogen) atoms. The molecule has 3 heteroatoms. The molecule has 3 aromatic carbocycles. The van der Waals surface area contributed by atoms with Gasteiger partial charge in [0.2, 0.25) is 0 Å². The Morgan fingerprint density at radius 3 is 1.82 bits per heavy atom. The number of carbonyl (C=O) groups is 2. The van der Waals surface area contributed by atoms with Crippen LogP contribution in [0.4, 0.5) is 0 Å². The third-order valence-electron chi connectivity index (χ3n) is 4.56. The summed E-state index contributed by atoms with van der Waals surface area (Å²) in [5.74, 6) is 0.452. The molecule has 0 heterocycles. The van der Waals surface area contributed by atoms with Crippen LogP contribution in [0.15, 0.2) is 78.9 Å². The van der Waals surface area contributed by atoms with E-state index in [0.29, 0.717) is 23.5 Å². The average Bonchev–Trinajstić information content (AvgIpc) is 2.69. The van der Waals surface area contributed by atoms with E-state index in [-0.39, 0.29) is 11.6 Å². The summed E-state index contributed by atoms with van der Waals surface area (Å²) in [7, 11) is -0.934. The van der Waals surface area contributed by atoms with Crippen molar-refractivity contribution < 1.29 is 9.59 Å². The first-order valence-electron chi connectivity index (χ1n) is 9.55. The van der Waals surface area contributed by atoms with Gasteiger partial charge in [0.25, 0.3) is 0 Å². The van der Waals surface area contributed by atoms with E-state index < -0.39 is 7.92 Å². The van der Waals surface area contributed by atoms with Crippen LogP contribution in [-0.4, -0.2) is 11.6 Å². The lowest BCUT2D eigenvalue weighted by molar-refractivity contribution is 0.0965. The van der Waals surface area contributed by atoms with Gasteiger partial charge in [-0.2, -0.15) is 0 Å². The van der Waals surface area contributed by atoms with E-state index in [0.717, 1.165) is 5.30 Å². The summed E-state index contributed by atoms with van der Waals surface area (Å²) in [6.45, 7) is 5.69. The Bertz CT molecular complexity index is 923. The fourth-order valence-corrected chi connectivity index (χ4v) is 5.79. The number of benzene rings is 3. The van der Waals surface area contributed by atoms with Gasteiger partial charge >= 0.3 is 0 Å². The van der Waals surface area contributed by atoms with Gasteiger partial charge in [-0.1, -0.05) is 86.6 Å². The van der Waals surface area contributed by atoms with Crippen molar-refractivity contribution in [3.63, 3.8) is 0 Å². The number of carbonyl (C=O) groups excluding carboxylic acids is 2. The molecule has 0 aliphatic heterocycles. The molecule has 0 radical (unpaired) electrons. The standard InChI is InChI=1S/C25H25O2P/c1-18(2)16-24(27)20-14-15-23(19(3)26)25(17-20)28(21-10-6-4-7-11-21)22-12-8-5-9-13-22/h4-15,17-18H,16H2,1-3H3. The predicted octanol–water partition coefficient (Wildman–Crippen LogP) is 4.88. The van der Waals surface area contributed by atoms with Gasteiger partial charge in [-0.3, -0.25) is 9.59 Å². The fraction of sp³-hybridized carbons (Fsp3) is 0.200. The molecule has 0 aliphatic carbocycles. The molecule has 0 amide bonds. The minimum absolute atomic E-state index is 0.0252. The molecule has 0 atom stereocenters. The van der Waals surface area contributed by atoms with Crippen LogP contribution in [-0.2, 0) is 0 Å². The third-order valence-corrected chi connectivity index (χ3v) is 7.04. The van der Waals surface area contributed by atoms with Crippen molar-refractivity contribution in [2.24, 2.45) is 5.92 Å². The maximum Gasteiger partial charge on any atom is 0.163 e. The van der Waals surface area contributed by atoms with E-state index in [1.807, 2.05) is 62.4 Å². The smallest absolute Gasteiger partial charge is 0.163 e. The van der Waals surface area contributed by atoms with Crippen LogP contribution in [0, 0.1) is 5.92 Å². The lowest BCUT2D eigenvalue weighted by Crippen LogP contribution is -2.25. The molecule has 0 unspecified atom stereocenters. The Hall–Kier alpha value is -2.57. The van der Waals surface area contributed by atoms with Crippen molar-refractivity contribution in [1.82, 2.24) is 0 Å². The van der Waals surface area contributed by atoms with Crippen LogP contribution < -0.4 is 15.9 Å². The Morgan fingerprint density at radius 1 is 0.821 bits per heavy atom. The molecule has 142 valence electrons. The lowest BCUT2D eigenvalue weighted by Gasteiger charge is -2.22. The minimum Gasteiger partial charge on any atom is -0.294 e. The lowest BCUT2D eigenvalue weighted by atomic mass is 9.99. The second-order valence-electron chi connectivity index (χ2n) is 7.32. The van der Waals surface area contributed by atoms with Crippen molar-refractivity contribution in [2.45, 2.75) is 27.2 Å². The molecule has 3 rings (SSSR count). The van der Waals surface area contributed by atoms with E-state index >= 15 is 0 Å². The van der Waals surface area contributed by atoms with E-state index in [2.05, 4.69) is 24.3 Å². The Morgan fingerprint density at radius 2 is 1.36 bits per heavy atom. The van der Waals surface area contributed by atoms with E-state index in [1.54, 1.807) is 13.0 Å². The Kier molecular flexibility index (Phi) is 6.54. The first-order valence-corrected chi connectivity index (χ1v) is 10.9. The van der Waals surface area contributed by atoms with Crippen molar-refractivity contribution in [3.8, 4) is 0 Å². The Labute approximate surface area is 168 Å². The molecule has 0 saturated carbocycles. The van der Waals surface area contributed by atoms with Crippen LogP contribution in [0.2, 0.25) is 0 Å². The molecule has 0 aromatic heterocycles. The van der Waals surface area contributed by atoms with Crippen molar-refractivity contribution in [3.05, 3.63) is 90.0 Å². The van der Waals surface area contributed by atoms with Gasteiger partial charge in [0.15, 0.2) is 11.6 Å². The molecule has 0 bridgehead atoms. The van der Waals surface area contributed by atoms with Gasteiger partial charge in [0.1, 0.15) is 0 Å². The third kappa shape index (κ3) is 4.64.